The highest BCUT2D eigenvalue weighted by molar-refractivity contribution is 5.92. The van der Waals surface area contributed by atoms with Gasteiger partial charge in [-0.15, -0.1) is 0 Å². The first-order valence-corrected chi connectivity index (χ1v) is 9.85. The molecule has 1 heterocycles. The molecular formula is C24H25N3O4. The van der Waals surface area contributed by atoms with Crippen molar-refractivity contribution >= 4 is 17.6 Å². The lowest BCUT2D eigenvalue weighted by Crippen LogP contribution is -2.45. The number of esters is 1. The molecule has 0 spiro atoms. The van der Waals surface area contributed by atoms with Crippen LogP contribution in [0.4, 0.5) is 5.69 Å². The van der Waals surface area contributed by atoms with Crippen LogP contribution in [-0.2, 0) is 19.9 Å². The van der Waals surface area contributed by atoms with Crippen molar-refractivity contribution in [3.63, 3.8) is 0 Å². The maximum Gasteiger partial charge on any atom is 0.307 e. The smallest absolute Gasteiger partial charge is 0.307 e. The van der Waals surface area contributed by atoms with Gasteiger partial charge in [0.15, 0.2) is 0 Å². The average molecular weight is 419 g/mol. The van der Waals surface area contributed by atoms with Gasteiger partial charge in [-0.05, 0) is 55.5 Å². The predicted molar refractivity (Wildman–Crippen MR) is 118 cm³/mol. The van der Waals surface area contributed by atoms with Crippen LogP contribution in [0.5, 0.6) is 11.5 Å². The molecule has 0 aliphatic heterocycles. The summed E-state index contributed by atoms with van der Waals surface area (Å²) in [6.07, 6.45) is 1.69. The molecule has 0 saturated heterocycles. The van der Waals surface area contributed by atoms with Gasteiger partial charge >= 0.3 is 5.97 Å². The van der Waals surface area contributed by atoms with Gasteiger partial charge in [0, 0.05) is 11.9 Å². The fourth-order valence-corrected chi connectivity index (χ4v) is 3.01. The molecule has 1 amide bonds. The normalized spacial score (nSPS) is 12.5. The predicted octanol–water partition coefficient (Wildman–Crippen LogP) is 3.88. The number of anilines is 1. The van der Waals surface area contributed by atoms with Gasteiger partial charge in [0.2, 0.25) is 5.91 Å². The van der Waals surface area contributed by atoms with Crippen LogP contribution < -0.4 is 15.4 Å². The number of pyridine rings is 1. The first kappa shape index (κ1) is 22.0. The van der Waals surface area contributed by atoms with E-state index in [0.717, 1.165) is 5.75 Å². The number of methoxy groups -OCH3 is 1. The second-order valence-electron chi connectivity index (χ2n) is 7.14. The van der Waals surface area contributed by atoms with Gasteiger partial charge < -0.3 is 14.8 Å². The first-order valence-electron chi connectivity index (χ1n) is 9.85. The lowest BCUT2D eigenvalue weighted by atomic mass is 9.92. The average Bonchev–Trinajstić information content (AvgIpc) is 2.80. The number of benzene rings is 2. The van der Waals surface area contributed by atoms with Crippen LogP contribution in [0, 0.1) is 0 Å². The number of carbonyl (C=O) groups is 2. The SMILES string of the molecule is COC(=O)CC(C)(NCC(=O)Nc1ccc(Oc2ccccc2)cc1)c1ccccn1. The Morgan fingerprint density at radius 2 is 1.61 bits per heavy atom. The molecule has 31 heavy (non-hydrogen) atoms. The van der Waals surface area contributed by atoms with Gasteiger partial charge in [-0.3, -0.25) is 19.9 Å². The Kier molecular flexibility index (Phi) is 7.35. The second kappa shape index (κ2) is 10.4. The van der Waals surface area contributed by atoms with Crippen molar-refractivity contribution in [3.05, 3.63) is 84.7 Å². The topological polar surface area (TPSA) is 89.5 Å². The van der Waals surface area contributed by atoms with Crippen molar-refractivity contribution in [2.24, 2.45) is 0 Å². The number of hydrogen-bond acceptors (Lipinski definition) is 6. The van der Waals surface area contributed by atoms with E-state index in [1.54, 1.807) is 42.6 Å². The van der Waals surface area contributed by atoms with Crippen LogP contribution in [0.2, 0.25) is 0 Å². The molecule has 0 bridgehead atoms. The quantitative estimate of drug-likeness (QED) is 0.512. The van der Waals surface area contributed by atoms with Crippen molar-refractivity contribution in [1.29, 1.82) is 0 Å². The summed E-state index contributed by atoms with van der Waals surface area (Å²) in [7, 11) is 1.33. The molecule has 1 unspecified atom stereocenters. The molecule has 7 heteroatoms. The van der Waals surface area contributed by atoms with Gasteiger partial charge in [0.1, 0.15) is 11.5 Å². The fraction of sp³-hybridized carbons (Fsp3) is 0.208. The van der Waals surface area contributed by atoms with Gasteiger partial charge in [-0.25, -0.2) is 0 Å². The minimum absolute atomic E-state index is 0.00760. The number of carbonyl (C=O) groups excluding carboxylic acids is 2. The molecule has 3 rings (SSSR count). The van der Waals surface area contributed by atoms with Crippen molar-refractivity contribution in [1.82, 2.24) is 10.3 Å². The molecule has 0 fully saturated rings. The minimum Gasteiger partial charge on any atom is -0.469 e. The van der Waals surface area contributed by atoms with Crippen LogP contribution in [0.3, 0.4) is 0 Å². The van der Waals surface area contributed by atoms with E-state index in [1.807, 2.05) is 43.3 Å². The molecular weight excluding hydrogens is 394 g/mol. The van der Waals surface area contributed by atoms with E-state index in [9.17, 15) is 9.59 Å². The largest absolute Gasteiger partial charge is 0.469 e. The van der Waals surface area contributed by atoms with E-state index in [-0.39, 0.29) is 18.9 Å². The second-order valence-corrected chi connectivity index (χ2v) is 7.14. The molecule has 160 valence electrons. The van der Waals surface area contributed by atoms with Crippen molar-refractivity contribution in [3.8, 4) is 11.5 Å². The summed E-state index contributed by atoms with van der Waals surface area (Å²) in [4.78, 5) is 28.7. The summed E-state index contributed by atoms with van der Waals surface area (Å²) < 4.78 is 10.6. The van der Waals surface area contributed by atoms with E-state index in [4.69, 9.17) is 9.47 Å². The molecule has 0 saturated carbocycles. The van der Waals surface area contributed by atoms with Crippen molar-refractivity contribution in [2.75, 3.05) is 19.0 Å². The van der Waals surface area contributed by atoms with Gasteiger partial charge in [-0.2, -0.15) is 0 Å². The molecule has 0 aliphatic rings. The number of hydrogen-bond donors (Lipinski definition) is 2. The highest BCUT2D eigenvalue weighted by Gasteiger charge is 2.31. The zero-order valence-corrected chi connectivity index (χ0v) is 17.5. The Morgan fingerprint density at radius 1 is 0.935 bits per heavy atom. The Balaban J connectivity index is 1.59. The number of rotatable bonds is 9. The Labute approximate surface area is 181 Å². The van der Waals surface area contributed by atoms with Gasteiger partial charge in [0.25, 0.3) is 0 Å². The number of amides is 1. The molecule has 0 radical (unpaired) electrons. The number of aromatic nitrogens is 1. The number of ether oxygens (including phenoxy) is 2. The van der Waals surface area contributed by atoms with Crippen LogP contribution in [-0.4, -0.2) is 30.5 Å². The van der Waals surface area contributed by atoms with Crippen LogP contribution in [0.1, 0.15) is 19.0 Å². The first-order chi connectivity index (χ1) is 15.0. The molecule has 0 aliphatic carbocycles. The maximum absolute atomic E-state index is 12.5. The lowest BCUT2D eigenvalue weighted by molar-refractivity contribution is -0.142. The monoisotopic (exact) mass is 419 g/mol. The van der Waals surface area contributed by atoms with Gasteiger partial charge in [0.05, 0.1) is 31.3 Å². The summed E-state index contributed by atoms with van der Waals surface area (Å²) in [5.41, 5.74) is 0.439. The highest BCUT2D eigenvalue weighted by Crippen LogP contribution is 2.24. The van der Waals surface area contributed by atoms with E-state index in [0.29, 0.717) is 17.1 Å². The number of para-hydroxylation sites is 1. The number of nitrogens with one attached hydrogen (secondary N) is 2. The zero-order chi connectivity index (χ0) is 22.1. The summed E-state index contributed by atoms with van der Waals surface area (Å²) in [5, 5.41) is 5.97. The third kappa shape index (κ3) is 6.38. The Morgan fingerprint density at radius 3 is 2.26 bits per heavy atom. The number of nitrogens with zero attached hydrogens (tertiary/aromatic N) is 1. The standard InChI is InChI=1S/C24H25N3O4/c1-24(16-23(29)30-2,21-10-6-7-15-25-21)26-17-22(28)27-18-11-13-20(14-12-18)31-19-8-4-3-5-9-19/h3-15,26H,16-17H2,1-2H3,(H,27,28). The van der Waals surface area contributed by atoms with Crippen LogP contribution in [0.25, 0.3) is 0 Å². The lowest BCUT2D eigenvalue weighted by Gasteiger charge is -2.29. The molecule has 7 nitrogen and oxygen atoms in total. The maximum atomic E-state index is 12.5. The van der Waals surface area contributed by atoms with E-state index in [2.05, 4.69) is 15.6 Å². The molecule has 2 N–H and O–H groups in total. The molecule has 1 aromatic heterocycles. The molecule has 1 atom stereocenters. The summed E-state index contributed by atoms with van der Waals surface area (Å²) in [6.45, 7) is 1.81. The van der Waals surface area contributed by atoms with Gasteiger partial charge in [-0.1, -0.05) is 24.3 Å². The van der Waals surface area contributed by atoms with Crippen molar-refractivity contribution < 1.29 is 19.1 Å². The third-order valence-electron chi connectivity index (χ3n) is 4.71. The minimum atomic E-state index is -0.848. The van der Waals surface area contributed by atoms with E-state index in [1.165, 1.54) is 7.11 Å². The van der Waals surface area contributed by atoms with E-state index >= 15 is 0 Å². The Bertz CT molecular complexity index is 994. The van der Waals surface area contributed by atoms with Crippen LogP contribution >= 0.6 is 0 Å². The molecule has 2 aromatic carbocycles. The van der Waals surface area contributed by atoms with Crippen molar-refractivity contribution in [2.45, 2.75) is 18.9 Å². The zero-order valence-electron chi connectivity index (χ0n) is 17.5. The molecule has 3 aromatic rings. The summed E-state index contributed by atoms with van der Waals surface area (Å²) in [5.74, 6) is 0.768. The highest BCUT2D eigenvalue weighted by atomic mass is 16.5. The Hall–Kier alpha value is -3.71. The fourth-order valence-electron chi connectivity index (χ4n) is 3.01. The third-order valence-corrected chi connectivity index (χ3v) is 4.71. The van der Waals surface area contributed by atoms with Crippen LogP contribution in [0.15, 0.2) is 79.0 Å². The van der Waals surface area contributed by atoms with E-state index < -0.39 is 11.5 Å². The summed E-state index contributed by atoms with van der Waals surface area (Å²) >= 11 is 0. The summed E-state index contributed by atoms with van der Waals surface area (Å²) in [6, 6.07) is 22.0.